The van der Waals surface area contributed by atoms with Crippen LogP contribution in [0.25, 0.3) is 0 Å². The molecule has 2 amide bonds. The molecule has 0 saturated heterocycles. The Balaban J connectivity index is 1.57. The zero-order valence-electron chi connectivity index (χ0n) is 16.1. The Hall–Kier alpha value is -3.07. The molecule has 0 atom stereocenters. The lowest BCUT2D eigenvalue weighted by Gasteiger charge is -2.11. The van der Waals surface area contributed by atoms with Crippen LogP contribution >= 0.6 is 11.3 Å². The van der Waals surface area contributed by atoms with Crippen LogP contribution in [0.4, 0.5) is 5.00 Å². The number of aromatic carboxylic acids is 1. The van der Waals surface area contributed by atoms with Crippen molar-refractivity contribution in [3.8, 4) is 11.5 Å². The van der Waals surface area contributed by atoms with Gasteiger partial charge in [0, 0.05) is 17.0 Å². The maximum Gasteiger partial charge on any atom is 0.314 e. The van der Waals surface area contributed by atoms with Crippen molar-refractivity contribution in [2.24, 2.45) is 0 Å². The number of nitrogens with one attached hydrogen (secondary N) is 2. The number of methoxy groups -OCH3 is 2. The van der Waals surface area contributed by atoms with E-state index in [0.717, 1.165) is 23.3 Å². The first-order valence-corrected chi connectivity index (χ1v) is 9.92. The van der Waals surface area contributed by atoms with E-state index in [1.165, 1.54) is 18.4 Å². The molecule has 0 radical (unpaired) electrons. The van der Waals surface area contributed by atoms with E-state index in [1.807, 2.05) is 6.07 Å². The van der Waals surface area contributed by atoms with Gasteiger partial charge in [-0.05, 0) is 48.9 Å². The molecule has 0 saturated carbocycles. The minimum Gasteiger partial charge on any atom is -0.545 e. The number of carbonyl (C=O) groups excluding carboxylic acids is 3. The minimum absolute atomic E-state index is 0.00558. The number of rotatable bonds is 7. The molecular formula is C20H21N2O6S-. The summed E-state index contributed by atoms with van der Waals surface area (Å²) in [5.41, 5.74) is 1.60. The predicted molar refractivity (Wildman–Crippen MR) is 106 cm³/mol. The van der Waals surface area contributed by atoms with Crippen molar-refractivity contribution in [1.29, 1.82) is 0 Å². The Kier molecular flexibility index (Phi) is 6.38. The number of aryl methyl sites for hydroxylation is 1. The van der Waals surface area contributed by atoms with Crippen LogP contribution in [0.1, 0.15) is 32.8 Å². The highest BCUT2D eigenvalue weighted by Gasteiger charge is 2.25. The first-order valence-electron chi connectivity index (χ1n) is 9.10. The largest absolute Gasteiger partial charge is 0.545 e. The summed E-state index contributed by atoms with van der Waals surface area (Å²) in [6.07, 6.45) is 2.78. The molecule has 2 aromatic rings. The number of thiophene rings is 1. The first kappa shape index (κ1) is 20.7. The third-order valence-electron chi connectivity index (χ3n) is 4.71. The topological polar surface area (TPSA) is 117 Å². The summed E-state index contributed by atoms with van der Waals surface area (Å²) in [4.78, 5) is 36.6. The molecule has 3 rings (SSSR count). The van der Waals surface area contributed by atoms with Gasteiger partial charge in [0.05, 0.1) is 20.2 Å². The van der Waals surface area contributed by atoms with Crippen LogP contribution in [0, 0.1) is 0 Å². The van der Waals surface area contributed by atoms with E-state index in [2.05, 4.69) is 10.6 Å². The molecule has 8 nitrogen and oxygen atoms in total. The lowest BCUT2D eigenvalue weighted by Crippen LogP contribution is -2.37. The molecule has 0 bridgehead atoms. The number of ether oxygens (including phenoxy) is 2. The summed E-state index contributed by atoms with van der Waals surface area (Å²) < 4.78 is 10.4. The Labute approximate surface area is 171 Å². The average molecular weight is 417 g/mol. The average Bonchev–Trinajstić information content (AvgIpc) is 3.28. The molecular weight excluding hydrogens is 396 g/mol. The van der Waals surface area contributed by atoms with E-state index in [4.69, 9.17) is 9.47 Å². The summed E-state index contributed by atoms with van der Waals surface area (Å²) in [7, 11) is 3.08. The first-order chi connectivity index (χ1) is 13.9. The Morgan fingerprint density at radius 3 is 2.55 bits per heavy atom. The fourth-order valence-electron chi connectivity index (χ4n) is 3.30. The molecule has 1 aliphatic carbocycles. The van der Waals surface area contributed by atoms with Gasteiger partial charge < -0.3 is 30.0 Å². The number of carboxylic acids is 1. The highest BCUT2D eigenvalue weighted by Crippen LogP contribution is 2.38. The maximum atomic E-state index is 12.2. The van der Waals surface area contributed by atoms with Gasteiger partial charge in [0.1, 0.15) is 5.00 Å². The number of hydrogen-bond donors (Lipinski definition) is 2. The van der Waals surface area contributed by atoms with Crippen molar-refractivity contribution in [2.45, 2.75) is 25.7 Å². The number of amides is 2. The van der Waals surface area contributed by atoms with Crippen LogP contribution in [0.2, 0.25) is 0 Å². The normalized spacial score (nSPS) is 12.2. The van der Waals surface area contributed by atoms with Crippen LogP contribution < -0.4 is 25.2 Å². The fourth-order valence-corrected chi connectivity index (χ4v) is 4.58. The van der Waals surface area contributed by atoms with Gasteiger partial charge in [-0.1, -0.05) is 6.07 Å². The summed E-state index contributed by atoms with van der Waals surface area (Å²) in [6.45, 7) is 0.232. The fraction of sp³-hybridized carbons (Fsp3) is 0.350. The van der Waals surface area contributed by atoms with E-state index >= 15 is 0 Å². The van der Waals surface area contributed by atoms with Crippen molar-refractivity contribution in [3.05, 3.63) is 39.8 Å². The lowest BCUT2D eigenvalue weighted by molar-refractivity contribution is -0.254. The summed E-state index contributed by atoms with van der Waals surface area (Å²) in [6, 6.07) is 5.40. The molecule has 1 heterocycles. The molecule has 0 unspecified atom stereocenters. The van der Waals surface area contributed by atoms with Crippen molar-refractivity contribution in [3.63, 3.8) is 0 Å². The van der Waals surface area contributed by atoms with E-state index in [9.17, 15) is 19.5 Å². The molecule has 9 heteroatoms. The third-order valence-corrected chi connectivity index (χ3v) is 5.91. The van der Waals surface area contributed by atoms with Gasteiger partial charge in [-0.25, -0.2) is 0 Å². The van der Waals surface area contributed by atoms with E-state index < -0.39 is 17.8 Å². The van der Waals surface area contributed by atoms with Crippen LogP contribution in [0.5, 0.6) is 11.5 Å². The highest BCUT2D eigenvalue weighted by atomic mass is 32.1. The van der Waals surface area contributed by atoms with Crippen molar-refractivity contribution >= 4 is 34.1 Å². The second-order valence-corrected chi connectivity index (χ2v) is 7.60. The Morgan fingerprint density at radius 2 is 1.86 bits per heavy atom. The smallest absolute Gasteiger partial charge is 0.314 e. The van der Waals surface area contributed by atoms with Crippen molar-refractivity contribution < 1.29 is 29.0 Å². The van der Waals surface area contributed by atoms with Gasteiger partial charge >= 0.3 is 11.8 Å². The van der Waals surface area contributed by atoms with Crippen LogP contribution in [0.3, 0.4) is 0 Å². The van der Waals surface area contributed by atoms with Gasteiger partial charge in [0.15, 0.2) is 11.5 Å². The number of carboxylic acid groups (broad SMARTS) is 1. The maximum absolute atomic E-state index is 12.2. The van der Waals surface area contributed by atoms with Crippen molar-refractivity contribution in [2.75, 3.05) is 26.1 Å². The summed E-state index contributed by atoms with van der Waals surface area (Å²) in [5.74, 6) is -1.89. The molecule has 1 aromatic heterocycles. The molecule has 0 fully saturated rings. The number of hydrogen-bond acceptors (Lipinski definition) is 7. The van der Waals surface area contributed by atoms with Gasteiger partial charge in [-0.3, -0.25) is 9.59 Å². The minimum atomic E-state index is -1.34. The number of carbonyl (C=O) groups is 3. The Morgan fingerprint density at radius 1 is 1.10 bits per heavy atom. The van der Waals surface area contributed by atoms with Gasteiger partial charge in [0.25, 0.3) is 0 Å². The van der Waals surface area contributed by atoms with Crippen LogP contribution in [-0.4, -0.2) is 38.5 Å². The molecule has 1 aromatic carbocycles. The van der Waals surface area contributed by atoms with Gasteiger partial charge in [-0.15, -0.1) is 11.3 Å². The Bertz CT molecular complexity index is 953. The molecule has 0 spiro atoms. The SMILES string of the molecule is COc1ccc(CCNC(=O)C(=O)Nc2sc3c(c2C(=O)[O-])CCC3)cc1OC. The van der Waals surface area contributed by atoms with E-state index in [0.29, 0.717) is 29.9 Å². The standard InChI is InChI=1S/C20H22N2O6S/c1-27-13-7-6-11(10-14(13)28-2)8-9-21-17(23)18(24)22-19-16(20(25)26)12-4-3-5-15(12)29-19/h6-7,10H,3-5,8-9H2,1-2H3,(H,21,23)(H,22,24)(H,25,26)/p-1. The molecule has 1 aliphatic rings. The molecule has 29 heavy (non-hydrogen) atoms. The number of fused-ring (bicyclic) bond motifs is 1. The monoisotopic (exact) mass is 417 g/mol. The molecule has 2 N–H and O–H groups in total. The van der Waals surface area contributed by atoms with Crippen molar-refractivity contribution in [1.82, 2.24) is 5.32 Å². The zero-order chi connectivity index (χ0) is 21.0. The van der Waals surface area contributed by atoms with Crippen LogP contribution in [0.15, 0.2) is 18.2 Å². The third kappa shape index (κ3) is 4.51. The zero-order valence-corrected chi connectivity index (χ0v) is 16.9. The molecule has 154 valence electrons. The predicted octanol–water partition coefficient (Wildman–Crippen LogP) is 0.915. The quantitative estimate of drug-likeness (QED) is 0.647. The highest BCUT2D eigenvalue weighted by molar-refractivity contribution is 7.17. The second kappa shape index (κ2) is 8.95. The number of benzene rings is 1. The summed E-state index contributed by atoms with van der Waals surface area (Å²) >= 11 is 1.19. The number of anilines is 1. The van der Waals surface area contributed by atoms with Crippen LogP contribution in [-0.2, 0) is 28.9 Å². The molecule has 0 aliphatic heterocycles. The summed E-state index contributed by atoms with van der Waals surface area (Å²) in [5, 5.41) is 16.6. The van der Waals surface area contributed by atoms with Gasteiger partial charge in [0.2, 0.25) is 0 Å². The van der Waals surface area contributed by atoms with Gasteiger partial charge in [-0.2, -0.15) is 0 Å². The second-order valence-electron chi connectivity index (χ2n) is 6.50. The van der Waals surface area contributed by atoms with E-state index in [1.54, 1.807) is 19.2 Å². The lowest BCUT2D eigenvalue weighted by atomic mass is 10.1. The van der Waals surface area contributed by atoms with E-state index in [-0.39, 0.29) is 17.1 Å².